The third-order valence-electron chi connectivity index (χ3n) is 5.70. The lowest BCUT2D eigenvalue weighted by Gasteiger charge is -2.25. The van der Waals surface area contributed by atoms with Gasteiger partial charge in [-0.25, -0.2) is 0 Å². The molecule has 8 nitrogen and oxygen atoms in total. The number of halogens is 2. The van der Waals surface area contributed by atoms with E-state index in [4.69, 9.17) is 4.42 Å². The third-order valence-corrected chi connectivity index (χ3v) is 5.70. The first-order valence-electron chi connectivity index (χ1n) is 11.0. The third kappa shape index (κ3) is 5.17. The van der Waals surface area contributed by atoms with Crippen LogP contribution in [0.15, 0.2) is 65.5 Å². The van der Waals surface area contributed by atoms with Gasteiger partial charge < -0.3 is 14.1 Å². The molecule has 0 atom stereocenters. The number of hydrogen-bond donors (Lipinski definition) is 0. The minimum atomic E-state index is -2.86. The molecule has 0 fully saturated rings. The summed E-state index contributed by atoms with van der Waals surface area (Å²) in [6, 6.07) is 12.4. The van der Waals surface area contributed by atoms with Gasteiger partial charge in [0.2, 0.25) is 5.89 Å². The summed E-state index contributed by atoms with van der Waals surface area (Å²) in [4.78, 5) is 35.1. The van der Waals surface area contributed by atoms with Gasteiger partial charge in [0.1, 0.15) is 6.29 Å². The highest BCUT2D eigenvalue weighted by Crippen LogP contribution is 2.31. The molecular weight excluding hydrogens is 468 g/mol. The van der Waals surface area contributed by atoms with Crippen molar-refractivity contribution < 1.29 is 22.8 Å². The van der Waals surface area contributed by atoms with Gasteiger partial charge in [-0.1, -0.05) is 6.07 Å². The molecule has 184 valence electrons. The van der Waals surface area contributed by atoms with Crippen molar-refractivity contribution in [3.05, 3.63) is 83.8 Å². The zero-order valence-corrected chi connectivity index (χ0v) is 19.9. The molecule has 0 saturated heterocycles. The van der Waals surface area contributed by atoms with E-state index in [1.807, 2.05) is 24.3 Å². The van der Waals surface area contributed by atoms with Crippen molar-refractivity contribution in [2.24, 2.45) is 0 Å². The van der Waals surface area contributed by atoms with E-state index in [2.05, 4.69) is 20.2 Å². The molecule has 4 aromatic rings. The van der Waals surface area contributed by atoms with Crippen LogP contribution >= 0.6 is 0 Å². The minimum Gasteiger partial charge on any atom is -0.415 e. The number of hydrogen-bond acceptors (Lipinski definition) is 7. The van der Waals surface area contributed by atoms with Gasteiger partial charge in [-0.15, -0.1) is 10.2 Å². The lowest BCUT2D eigenvalue weighted by molar-refractivity contribution is -0.111. The van der Waals surface area contributed by atoms with Crippen LogP contribution in [-0.2, 0) is 16.8 Å². The van der Waals surface area contributed by atoms with Crippen LogP contribution in [0.1, 0.15) is 47.8 Å². The largest absolute Gasteiger partial charge is 0.415 e. The number of alkyl halides is 2. The molecule has 3 aromatic heterocycles. The standard InChI is InChI=1S/C26H23F2N5O3/c1-26(2,15-34)21-12-17(16-8-10-29-11-9-16)5-7-20(21)25(35)33(3)14-19-6-4-18(13-30-19)23-31-32-24(36-23)22(27)28/h4-13,15,22H,14H2,1-3H3. The molecule has 1 amide bonds. The molecule has 10 heteroatoms. The number of carbonyl (C=O) groups is 2. The average molecular weight is 491 g/mol. The summed E-state index contributed by atoms with van der Waals surface area (Å²) < 4.78 is 30.3. The van der Waals surface area contributed by atoms with E-state index in [0.29, 0.717) is 22.4 Å². The Kier molecular flexibility index (Phi) is 6.96. The summed E-state index contributed by atoms with van der Waals surface area (Å²) in [6.07, 6.45) is 2.75. The lowest BCUT2D eigenvalue weighted by Crippen LogP contribution is -2.30. The zero-order valence-electron chi connectivity index (χ0n) is 19.9. The van der Waals surface area contributed by atoms with Crippen LogP contribution in [-0.4, -0.2) is 44.3 Å². The maximum absolute atomic E-state index is 13.4. The van der Waals surface area contributed by atoms with Gasteiger partial charge in [0, 0.05) is 36.6 Å². The summed E-state index contributed by atoms with van der Waals surface area (Å²) in [6.45, 7) is 3.71. The van der Waals surface area contributed by atoms with E-state index in [1.54, 1.807) is 51.5 Å². The summed E-state index contributed by atoms with van der Waals surface area (Å²) in [5.74, 6) is -1.10. The van der Waals surface area contributed by atoms with Gasteiger partial charge in [-0.05, 0) is 66.9 Å². The Bertz CT molecular complexity index is 1370. The number of aromatic nitrogens is 4. The van der Waals surface area contributed by atoms with Crippen LogP contribution in [0, 0.1) is 0 Å². The zero-order chi connectivity index (χ0) is 25.9. The Morgan fingerprint density at radius 1 is 1.06 bits per heavy atom. The second-order valence-corrected chi connectivity index (χ2v) is 8.78. The summed E-state index contributed by atoms with van der Waals surface area (Å²) in [5, 5.41) is 6.91. The summed E-state index contributed by atoms with van der Waals surface area (Å²) in [5.41, 5.74) is 2.87. The van der Waals surface area contributed by atoms with Crippen LogP contribution in [0.3, 0.4) is 0 Å². The molecule has 4 rings (SSSR count). The van der Waals surface area contributed by atoms with Crippen molar-refractivity contribution in [1.29, 1.82) is 0 Å². The second-order valence-electron chi connectivity index (χ2n) is 8.78. The van der Waals surface area contributed by atoms with Crippen molar-refractivity contribution in [2.75, 3.05) is 7.05 Å². The fourth-order valence-electron chi connectivity index (χ4n) is 3.66. The van der Waals surface area contributed by atoms with Crippen LogP contribution in [0.2, 0.25) is 0 Å². The number of benzene rings is 1. The lowest BCUT2D eigenvalue weighted by atomic mass is 9.81. The van der Waals surface area contributed by atoms with E-state index in [1.165, 1.54) is 11.1 Å². The van der Waals surface area contributed by atoms with Crippen molar-refractivity contribution in [3.63, 3.8) is 0 Å². The van der Waals surface area contributed by atoms with Gasteiger partial charge >= 0.3 is 6.43 Å². The average Bonchev–Trinajstić information content (AvgIpc) is 3.40. The molecule has 1 aromatic carbocycles. The smallest absolute Gasteiger partial charge is 0.314 e. The van der Waals surface area contributed by atoms with Crippen LogP contribution in [0.5, 0.6) is 0 Å². The molecule has 36 heavy (non-hydrogen) atoms. The fourth-order valence-corrected chi connectivity index (χ4v) is 3.66. The molecular formula is C26H23F2N5O3. The number of aldehydes is 1. The monoisotopic (exact) mass is 491 g/mol. The first kappa shape index (κ1) is 24.8. The maximum atomic E-state index is 13.4. The predicted molar refractivity (Wildman–Crippen MR) is 127 cm³/mol. The molecule has 0 radical (unpaired) electrons. The first-order valence-corrected chi connectivity index (χ1v) is 11.0. The SMILES string of the molecule is CN(Cc1ccc(-c2nnc(C(F)F)o2)cn1)C(=O)c1ccc(-c2ccncc2)cc1C(C)(C)C=O. The van der Waals surface area contributed by atoms with Gasteiger partial charge in [0.25, 0.3) is 11.8 Å². The van der Waals surface area contributed by atoms with Gasteiger partial charge in [-0.2, -0.15) is 8.78 Å². The second kappa shape index (κ2) is 10.1. The normalized spacial score (nSPS) is 11.5. The topological polar surface area (TPSA) is 102 Å². The Labute approximate surface area is 206 Å². The number of nitrogens with zero attached hydrogens (tertiary/aromatic N) is 5. The highest BCUT2D eigenvalue weighted by molar-refractivity contribution is 5.97. The van der Waals surface area contributed by atoms with Gasteiger partial charge in [-0.3, -0.25) is 14.8 Å². The van der Waals surface area contributed by atoms with E-state index >= 15 is 0 Å². The number of carbonyl (C=O) groups excluding carboxylic acids is 2. The van der Waals surface area contributed by atoms with Crippen LogP contribution in [0.25, 0.3) is 22.6 Å². The highest BCUT2D eigenvalue weighted by atomic mass is 19.3. The van der Waals surface area contributed by atoms with Gasteiger partial charge in [0.05, 0.1) is 17.8 Å². The number of rotatable bonds is 8. The molecule has 0 aliphatic heterocycles. The Morgan fingerprint density at radius 2 is 1.78 bits per heavy atom. The molecule has 0 bridgehead atoms. The van der Waals surface area contributed by atoms with Crippen molar-refractivity contribution >= 4 is 12.2 Å². The summed E-state index contributed by atoms with van der Waals surface area (Å²) >= 11 is 0. The molecule has 0 unspecified atom stereocenters. The quantitative estimate of drug-likeness (QED) is 0.324. The number of amides is 1. The summed E-state index contributed by atoms with van der Waals surface area (Å²) in [7, 11) is 1.64. The molecule has 0 spiro atoms. The molecule has 0 aliphatic rings. The predicted octanol–water partition coefficient (Wildman–Crippen LogP) is 4.88. The fraction of sp³-hybridized carbons (Fsp3) is 0.231. The highest BCUT2D eigenvalue weighted by Gasteiger charge is 2.28. The maximum Gasteiger partial charge on any atom is 0.314 e. The molecule has 0 aliphatic carbocycles. The Balaban J connectivity index is 1.56. The molecule has 3 heterocycles. The Morgan fingerprint density at radius 3 is 2.39 bits per heavy atom. The van der Waals surface area contributed by atoms with Crippen LogP contribution in [0.4, 0.5) is 8.78 Å². The van der Waals surface area contributed by atoms with E-state index < -0.39 is 17.7 Å². The van der Waals surface area contributed by atoms with Crippen molar-refractivity contribution in [2.45, 2.75) is 32.2 Å². The van der Waals surface area contributed by atoms with E-state index in [9.17, 15) is 18.4 Å². The molecule has 0 saturated carbocycles. The Hall–Kier alpha value is -4.34. The van der Waals surface area contributed by atoms with Crippen LogP contribution < -0.4 is 0 Å². The van der Waals surface area contributed by atoms with Crippen molar-refractivity contribution in [3.8, 4) is 22.6 Å². The van der Waals surface area contributed by atoms with E-state index in [-0.39, 0.29) is 18.3 Å². The minimum absolute atomic E-state index is 0.0659. The number of pyridine rings is 2. The first-order chi connectivity index (χ1) is 17.2. The van der Waals surface area contributed by atoms with Gasteiger partial charge in [0.15, 0.2) is 0 Å². The van der Waals surface area contributed by atoms with E-state index in [0.717, 1.165) is 17.4 Å². The van der Waals surface area contributed by atoms with Crippen molar-refractivity contribution in [1.82, 2.24) is 25.1 Å². The molecule has 0 N–H and O–H groups in total.